The van der Waals surface area contributed by atoms with Crippen LogP contribution in [0.4, 0.5) is 0 Å². The largest absolute Gasteiger partial charge is 0.490 e. The number of ether oxygens (including phenoxy) is 2. The van der Waals surface area contributed by atoms with Crippen molar-refractivity contribution in [3.63, 3.8) is 0 Å². The van der Waals surface area contributed by atoms with Gasteiger partial charge in [-0.1, -0.05) is 11.6 Å². The molecule has 146 valence electrons. The fraction of sp³-hybridized carbons (Fsp3) is 0.389. The quantitative estimate of drug-likeness (QED) is 0.657. The van der Waals surface area contributed by atoms with E-state index in [1.165, 1.54) is 11.8 Å². The minimum absolute atomic E-state index is 0.116. The van der Waals surface area contributed by atoms with Gasteiger partial charge in [-0.15, -0.1) is 0 Å². The molecule has 0 saturated carbocycles. The molecule has 2 rings (SSSR count). The predicted octanol–water partition coefficient (Wildman–Crippen LogP) is 3.51. The zero-order valence-corrected chi connectivity index (χ0v) is 16.9. The van der Waals surface area contributed by atoms with Crippen LogP contribution in [0.2, 0.25) is 5.02 Å². The molecule has 1 N–H and O–H groups in total. The van der Waals surface area contributed by atoms with Gasteiger partial charge in [-0.2, -0.15) is 0 Å². The van der Waals surface area contributed by atoms with Crippen molar-refractivity contribution in [1.29, 1.82) is 0 Å². The zero-order chi connectivity index (χ0) is 20.0. The lowest BCUT2D eigenvalue weighted by atomic mass is 10.1. The topological polar surface area (TPSA) is 88.4 Å². The van der Waals surface area contributed by atoms with Gasteiger partial charge in [0.15, 0.2) is 23.3 Å². The fourth-order valence-electron chi connectivity index (χ4n) is 2.40. The lowest BCUT2D eigenvalue weighted by Crippen LogP contribution is -2.28. The molecule has 1 aliphatic heterocycles. The van der Waals surface area contributed by atoms with Crippen LogP contribution < -0.4 is 9.47 Å². The first-order valence-electron chi connectivity index (χ1n) is 8.47. The number of halogens is 1. The third kappa shape index (κ3) is 5.17. The summed E-state index contributed by atoms with van der Waals surface area (Å²) in [4.78, 5) is 29.8. The average molecular weight is 413 g/mol. The molecule has 0 spiro atoms. The Morgan fingerprint density at radius 1 is 1.33 bits per heavy atom. The Hall–Kier alpha value is -2.19. The van der Waals surface area contributed by atoms with E-state index >= 15 is 0 Å². The summed E-state index contributed by atoms with van der Waals surface area (Å²) in [7, 11) is 0. The normalized spacial score (nSPS) is 17.0. The Morgan fingerprint density at radius 3 is 2.67 bits per heavy atom. The highest BCUT2D eigenvalue weighted by molar-refractivity contribution is 8.18. The second-order valence-corrected chi connectivity index (χ2v) is 6.78. The number of rotatable bonds is 8. The molecule has 1 amide bonds. The number of amidine groups is 1. The highest BCUT2D eigenvalue weighted by Crippen LogP contribution is 2.39. The summed E-state index contributed by atoms with van der Waals surface area (Å²) in [6, 6.07) is 3.27. The standard InChI is InChI=1S/C18H21ClN2O5S/c1-4-20-18-21(5-2)17(24)14(27-18)9-11-7-12(19)16(26-10-15(22)23)13(8-11)25-6-3/h7-9H,4-6,10H2,1-3H3,(H,22,23)/b14-9-,20-18?. The Bertz CT molecular complexity index is 794. The summed E-state index contributed by atoms with van der Waals surface area (Å²) < 4.78 is 10.8. The van der Waals surface area contributed by atoms with Crippen LogP contribution in [0, 0.1) is 0 Å². The molecule has 0 atom stereocenters. The summed E-state index contributed by atoms with van der Waals surface area (Å²) in [6.07, 6.45) is 1.71. The number of aliphatic imine (C=N–C) groups is 1. The van der Waals surface area contributed by atoms with Gasteiger partial charge in [0, 0.05) is 13.1 Å². The van der Waals surface area contributed by atoms with E-state index in [-0.39, 0.29) is 16.7 Å². The van der Waals surface area contributed by atoms with Gasteiger partial charge in [0.05, 0.1) is 16.5 Å². The maximum atomic E-state index is 12.6. The molecule has 1 saturated heterocycles. The van der Waals surface area contributed by atoms with E-state index in [0.29, 0.717) is 41.1 Å². The summed E-state index contributed by atoms with van der Waals surface area (Å²) in [5.41, 5.74) is 0.649. The van der Waals surface area contributed by atoms with Gasteiger partial charge in [-0.25, -0.2) is 4.79 Å². The molecule has 7 nitrogen and oxygen atoms in total. The second kappa shape index (κ2) is 9.66. The lowest BCUT2D eigenvalue weighted by molar-refractivity contribution is -0.139. The fourth-order valence-corrected chi connectivity index (χ4v) is 3.78. The number of carbonyl (C=O) groups is 2. The molecular weight excluding hydrogens is 392 g/mol. The van der Waals surface area contributed by atoms with Crippen molar-refractivity contribution in [3.05, 3.63) is 27.6 Å². The molecule has 1 heterocycles. The summed E-state index contributed by atoms with van der Waals surface area (Å²) in [5, 5.41) is 9.68. The molecule has 1 fully saturated rings. The number of carbonyl (C=O) groups excluding carboxylic acids is 1. The third-order valence-corrected chi connectivity index (χ3v) is 4.79. The van der Waals surface area contributed by atoms with Crippen LogP contribution in [-0.2, 0) is 9.59 Å². The molecule has 0 radical (unpaired) electrons. The molecule has 0 aromatic heterocycles. The number of likely N-dealkylation sites (N-methyl/N-ethyl adjacent to an activating group) is 1. The molecule has 0 aliphatic carbocycles. The Kier molecular flexibility index (Phi) is 7.55. The van der Waals surface area contributed by atoms with Gasteiger partial charge >= 0.3 is 5.97 Å². The van der Waals surface area contributed by atoms with Crippen molar-refractivity contribution in [1.82, 2.24) is 4.90 Å². The molecule has 1 aromatic rings. The van der Waals surface area contributed by atoms with Gasteiger partial charge in [-0.3, -0.25) is 14.7 Å². The smallest absolute Gasteiger partial charge is 0.341 e. The summed E-state index contributed by atoms with van der Waals surface area (Å²) in [6.45, 7) is 6.55. The van der Waals surface area contributed by atoms with E-state index in [4.69, 9.17) is 26.2 Å². The number of carboxylic acid groups (broad SMARTS) is 1. The molecule has 1 aromatic carbocycles. The first-order chi connectivity index (χ1) is 12.9. The highest BCUT2D eigenvalue weighted by Gasteiger charge is 2.32. The van der Waals surface area contributed by atoms with E-state index in [1.54, 1.807) is 30.0 Å². The number of hydrogen-bond acceptors (Lipinski definition) is 6. The first-order valence-corrected chi connectivity index (χ1v) is 9.67. The van der Waals surface area contributed by atoms with Gasteiger partial charge in [0.1, 0.15) is 0 Å². The lowest BCUT2D eigenvalue weighted by Gasteiger charge is -2.13. The monoisotopic (exact) mass is 412 g/mol. The predicted molar refractivity (Wildman–Crippen MR) is 107 cm³/mol. The highest BCUT2D eigenvalue weighted by atomic mass is 35.5. The third-order valence-electron chi connectivity index (χ3n) is 3.47. The Morgan fingerprint density at radius 2 is 2.07 bits per heavy atom. The molecule has 0 bridgehead atoms. The van der Waals surface area contributed by atoms with E-state index in [9.17, 15) is 9.59 Å². The van der Waals surface area contributed by atoms with Crippen molar-refractivity contribution in [2.75, 3.05) is 26.3 Å². The number of benzene rings is 1. The second-order valence-electron chi connectivity index (χ2n) is 5.36. The van der Waals surface area contributed by atoms with Crippen LogP contribution in [0.3, 0.4) is 0 Å². The number of nitrogens with zero attached hydrogens (tertiary/aromatic N) is 2. The summed E-state index contributed by atoms with van der Waals surface area (Å²) >= 11 is 7.57. The number of amides is 1. The Balaban J connectivity index is 2.38. The van der Waals surface area contributed by atoms with Gasteiger partial charge in [-0.05, 0) is 56.3 Å². The number of carboxylic acids is 1. The molecule has 27 heavy (non-hydrogen) atoms. The molecular formula is C18H21ClN2O5S. The van der Waals surface area contributed by atoms with Crippen LogP contribution in [0.1, 0.15) is 26.3 Å². The van der Waals surface area contributed by atoms with Gasteiger partial charge in [0.25, 0.3) is 5.91 Å². The van der Waals surface area contributed by atoms with Crippen LogP contribution in [0.5, 0.6) is 11.5 Å². The summed E-state index contributed by atoms with van der Waals surface area (Å²) in [5.74, 6) is -0.745. The van der Waals surface area contributed by atoms with E-state index in [2.05, 4.69) is 4.99 Å². The van der Waals surface area contributed by atoms with Crippen LogP contribution >= 0.6 is 23.4 Å². The molecule has 0 unspecified atom stereocenters. The van der Waals surface area contributed by atoms with Crippen LogP contribution in [0.15, 0.2) is 22.0 Å². The van der Waals surface area contributed by atoms with E-state index < -0.39 is 12.6 Å². The van der Waals surface area contributed by atoms with Crippen molar-refractivity contribution in [3.8, 4) is 11.5 Å². The number of aliphatic carboxylic acids is 1. The minimum atomic E-state index is -1.12. The van der Waals surface area contributed by atoms with E-state index in [1.807, 2.05) is 13.8 Å². The van der Waals surface area contributed by atoms with Crippen molar-refractivity contribution in [2.45, 2.75) is 20.8 Å². The van der Waals surface area contributed by atoms with Crippen molar-refractivity contribution < 1.29 is 24.2 Å². The first kappa shape index (κ1) is 21.1. The average Bonchev–Trinajstić information content (AvgIpc) is 2.89. The van der Waals surface area contributed by atoms with Gasteiger partial charge < -0.3 is 14.6 Å². The maximum Gasteiger partial charge on any atom is 0.341 e. The number of hydrogen-bond donors (Lipinski definition) is 1. The van der Waals surface area contributed by atoms with Crippen molar-refractivity contribution in [2.24, 2.45) is 4.99 Å². The van der Waals surface area contributed by atoms with E-state index in [0.717, 1.165) is 0 Å². The van der Waals surface area contributed by atoms with Crippen LogP contribution in [-0.4, -0.2) is 53.4 Å². The SMILES string of the molecule is CCN=C1S/C(=C\c2cc(Cl)c(OCC(=O)O)c(OCC)c2)C(=O)N1CC. The minimum Gasteiger partial charge on any atom is -0.490 e. The number of thioether (sulfide) groups is 1. The van der Waals surface area contributed by atoms with Gasteiger partial charge in [0.2, 0.25) is 0 Å². The maximum absolute atomic E-state index is 12.6. The molecule has 9 heteroatoms. The zero-order valence-electron chi connectivity index (χ0n) is 15.3. The molecule has 1 aliphatic rings. The van der Waals surface area contributed by atoms with Crippen LogP contribution in [0.25, 0.3) is 6.08 Å². The van der Waals surface area contributed by atoms with Crippen molar-refractivity contribution >= 4 is 46.5 Å². The Labute approximate surface area is 167 Å².